The average Bonchev–Trinajstić information content (AvgIpc) is 2.96. The molecule has 0 saturated heterocycles. The fourth-order valence-electron chi connectivity index (χ4n) is 2.89. The molecule has 0 radical (unpaired) electrons. The number of anilines is 1. The lowest BCUT2D eigenvalue weighted by Gasteiger charge is -2.21. The first kappa shape index (κ1) is 17.3. The van der Waals surface area contributed by atoms with Crippen molar-refractivity contribution < 1.29 is 14.3 Å². The number of benzene rings is 1. The van der Waals surface area contributed by atoms with Crippen LogP contribution in [0.2, 0.25) is 0 Å². The molecule has 3 rings (SSSR count). The minimum absolute atomic E-state index is 0.274. The van der Waals surface area contributed by atoms with E-state index in [2.05, 4.69) is 23.3 Å². The number of nitrogens with zero attached hydrogens (tertiary/aromatic N) is 2. The maximum absolute atomic E-state index is 12.6. The number of hydrogen-bond acceptors (Lipinski definition) is 6. The normalized spacial score (nSPS) is 13.7. The molecule has 1 aliphatic heterocycles. The summed E-state index contributed by atoms with van der Waals surface area (Å²) >= 11 is 1.48. The highest BCUT2D eigenvalue weighted by molar-refractivity contribution is 7.16. The van der Waals surface area contributed by atoms with Crippen LogP contribution in [0.25, 0.3) is 0 Å². The standard InChI is InChI=1S/C18H19N3O3S/c1-21-7-6-12-13(9-19)18(25-16(12)10-21)20-17(22)11-4-5-14(23-2)15(8-11)24-3/h4-5,8H,6-7,10H2,1-3H3,(H,20,22). The molecular weight excluding hydrogens is 338 g/mol. The van der Waals surface area contributed by atoms with E-state index in [1.54, 1.807) is 25.3 Å². The number of amides is 1. The highest BCUT2D eigenvalue weighted by Gasteiger charge is 2.24. The number of likely N-dealkylation sites (N-methyl/N-ethyl adjacent to an activating group) is 1. The van der Waals surface area contributed by atoms with Crippen molar-refractivity contribution in [2.24, 2.45) is 0 Å². The molecule has 25 heavy (non-hydrogen) atoms. The summed E-state index contributed by atoms with van der Waals surface area (Å²) in [4.78, 5) is 16.0. The molecule has 1 N–H and O–H groups in total. The number of nitriles is 1. The van der Waals surface area contributed by atoms with E-state index in [0.29, 0.717) is 27.6 Å². The monoisotopic (exact) mass is 357 g/mol. The first-order chi connectivity index (χ1) is 12.1. The van der Waals surface area contributed by atoms with Crippen LogP contribution in [0.15, 0.2) is 18.2 Å². The summed E-state index contributed by atoms with van der Waals surface area (Å²) in [5.41, 5.74) is 2.10. The molecule has 1 aliphatic rings. The largest absolute Gasteiger partial charge is 0.493 e. The van der Waals surface area contributed by atoms with E-state index in [-0.39, 0.29) is 5.91 Å². The Morgan fingerprint density at radius 3 is 2.76 bits per heavy atom. The highest BCUT2D eigenvalue weighted by atomic mass is 32.1. The predicted octanol–water partition coefficient (Wildman–Crippen LogP) is 2.88. The quantitative estimate of drug-likeness (QED) is 0.911. The summed E-state index contributed by atoms with van der Waals surface area (Å²) in [6.45, 7) is 1.72. The van der Waals surface area contributed by atoms with Gasteiger partial charge in [-0.05, 0) is 37.2 Å². The van der Waals surface area contributed by atoms with Gasteiger partial charge in [-0.2, -0.15) is 5.26 Å². The fourth-order valence-corrected chi connectivity index (χ4v) is 4.16. The molecular formula is C18H19N3O3S. The predicted molar refractivity (Wildman–Crippen MR) is 96.6 cm³/mol. The summed E-state index contributed by atoms with van der Waals surface area (Å²) in [6.07, 6.45) is 0.831. The van der Waals surface area contributed by atoms with Crippen molar-refractivity contribution in [2.75, 3.05) is 33.1 Å². The van der Waals surface area contributed by atoms with Crippen LogP contribution in [-0.4, -0.2) is 38.6 Å². The van der Waals surface area contributed by atoms with E-state index in [9.17, 15) is 10.1 Å². The van der Waals surface area contributed by atoms with Crippen molar-refractivity contribution in [1.82, 2.24) is 4.90 Å². The van der Waals surface area contributed by atoms with Gasteiger partial charge in [-0.25, -0.2) is 0 Å². The second-order valence-electron chi connectivity index (χ2n) is 5.83. The molecule has 0 bridgehead atoms. The summed E-state index contributed by atoms with van der Waals surface area (Å²) in [6, 6.07) is 7.23. The van der Waals surface area contributed by atoms with Crippen molar-refractivity contribution in [3.05, 3.63) is 39.8 Å². The number of carbonyl (C=O) groups excluding carboxylic acids is 1. The lowest BCUT2D eigenvalue weighted by molar-refractivity contribution is 0.102. The minimum Gasteiger partial charge on any atom is -0.493 e. The van der Waals surface area contributed by atoms with E-state index in [0.717, 1.165) is 30.0 Å². The number of methoxy groups -OCH3 is 2. The molecule has 0 saturated carbocycles. The second kappa shape index (κ2) is 7.13. The van der Waals surface area contributed by atoms with Crippen LogP contribution >= 0.6 is 11.3 Å². The van der Waals surface area contributed by atoms with Crippen LogP contribution in [-0.2, 0) is 13.0 Å². The summed E-state index contributed by atoms with van der Waals surface area (Å²) in [7, 11) is 5.12. The number of hydrogen-bond donors (Lipinski definition) is 1. The van der Waals surface area contributed by atoms with Crippen molar-refractivity contribution in [2.45, 2.75) is 13.0 Å². The van der Waals surface area contributed by atoms with Gasteiger partial charge in [0.05, 0.1) is 19.8 Å². The van der Waals surface area contributed by atoms with Gasteiger partial charge in [-0.15, -0.1) is 11.3 Å². The molecule has 7 heteroatoms. The van der Waals surface area contributed by atoms with E-state index >= 15 is 0 Å². The maximum atomic E-state index is 12.6. The molecule has 0 atom stereocenters. The Morgan fingerprint density at radius 1 is 1.32 bits per heavy atom. The minimum atomic E-state index is -0.274. The molecule has 130 valence electrons. The average molecular weight is 357 g/mol. The molecule has 1 aromatic heterocycles. The van der Waals surface area contributed by atoms with Gasteiger partial charge in [-0.1, -0.05) is 0 Å². The third-order valence-corrected chi connectivity index (χ3v) is 5.36. The summed E-state index contributed by atoms with van der Waals surface area (Å²) in [5, 5.41) is 13.0. The zero-order valence-electron chi connectivity index (χ0n) is 14.4. The molecule has 0 aliphatic carbocycles. The van der Waals surface area contributed by atoms with E-state index in [1.807, 2.05) is 0 Å². The molecule has 2 heterocycles. The Labute approximate surface area is 150 Å². The first-order valence-electron chi connectivity index (χ1n) is 7.84. The van der Waals surface area contributed by atoms with Gasteiger partial charge < -0.3 is 19.7 Å². The molecule has 1 amide bonds. The van der Waals surface area contributed by atoms with Crippen molar-refractivity contribution in [1.29, 1.82) is 5.26 Å². The summed E-state index contributed by atoms with van der Waals surface area (Å²) < 4.78 is 10.4. The highest BCUT2D eigenvalue weighted by Crippen LogP contribution is 2.37. The Morgan fingerprint density at radius 2 is 2.08 bits per heavy atom. The van der Waals surface area contributed by atoms with Gasteiger partial charge in [0.25, 0.3) is 5.91 Å². The number of fused-ring (bicyclic) bond motifs is 1. The van der Waals surface area contributed by atoms with Gasteiger partial charge >= 0.3 is 0 Å². The lowest BCUT2D eigenvalue weighted by atomic mass is 10.0. The number of carbonyl (C=O) groups is 1. The van der Waals surface area contributed by atoms with Crippen LogP contribution < -0.4 is 14.8 Å². The first-order valence-corrected chi connectivity index (χ1v) is 8.65. The molecule has 2 aromatic rings. The molecule has 0 fully saturated rings. The van der Waals surface area contributed by atoms with E-state index in [1.165, 1.54) is 18.4 Å². The molecule has 1 aromatic carbocycles. The SMILES string of the molecule is COc1ccc(C(=O)Nc2sc3c(c2C#N)CCN(C)C3)cc1OC. The zero-order chi connectivity index (χ0) is 18.0. The van der Waals surface area contributed by atoms with Gasteiger partial charge in [0.15, 0.2) is 11.5 Å². The van der Waals surface area contributed by atoms with Crippen LogP contribution in [0.4, 0.5) is 5.00 Å². The van der Waals surface area contributed by atoms with Crippen molar-refractivity contribution >= 4 is 22.2 Å². The lowest BCUT2D eigenvalue weighted by Crippen LogP contribution is -2.25. The van der Waals surface area contributed by atoms with Gasteiger partial charge in [0.2, 0.25) is 0 Å². The molecule has 6 nitrogen and oxygen atoms in total. The number of ether oxygens (including phenoxy) is 2. The third kappa shape index (κ3) is 3.31. The number of rotatable bonds is 4. The van der Waals surface area contributed by atoms with Crippen LogP contribution in [0.5, 0.6) is 11.5 Å². The van der Waals surface area contributed by atoms with E-state index < -0.39 is 0 Å². The van der Waals surface area contributed by atoms with Gasteiger partial charge in [0.1, 0.15) is 11.1 Å². The fraction of sp³-hybridized carbons (Fsp3) is 0.333. The molecule has 0 spiro atoms. The Hall–Kier alpha value is -2.56. The number of nitrogens with one attached hydrogen (secondary N) is 1. The van der Waals surface area contributed by atoms with Crippen LogP contribution in [0.3, 0.4) is 0 Å². The Balaban J connectivity index is 1.88. The topological polar surface area (TPSA) is 74.6 Å². The smallest absolute Gasteiger partial charge is 0.256 e. The van der Waals surface area contributed by atoms with E-state index in [4.69, 9.17) is 9.47 Å². The summed E-state index contributed by atoms with van der Waals surface area (Å²) in [5.74, 6) is 0.776. The van der Waals surface area contributed by atoms with Crippen LogP contribution in [0.1, 0.15) is 26.4 Å². The van der Waals surface area contributed by atoms with Crippen molar-refractivity contribution in [3.8, 4) is 17.6 Å². The maximum Gasteiger partial charge on any atom is 0.256 e. The Bertz CT molecular complexity index is 854. The van der Waals surface area contributed by atoms with Gasteiger partial charge in [-0.3, -0.25) is 4.79 Å². The zero-order valence-corrected chi connectivity index (χ0v) is 15.2. The number of thiophene rings is 1. The third-order valence-electron chi connectivity index (χ3n) is 4.23. The Kier molecular flexibility index (Phi) is 4.93. The van der Waals surface area contributed by atoms with Crippen LogP contribution in [0, 0.1) is 11.3 Å². The molecule has 0 unspecified atom stereocenters. The van der Waals surface area contributed by atoms with Gasteiger partial charge in [0, 0.05) is 23.5 Å². The van der Waals surface area contributed by atoms with Crippen molar-refractivity contribution in [3.63, 3.8) is 0 Å². The second-order valence-corrected chi connectivity index (χ2v) is 6.94.